The number of hydrogen-bond acceptors (Lipinski definition) is 1. The van der Waals surface area contributed by atoms with Gasteiger partial charge in [-0.2, -0.15) is 0 Å². The molecule has 0 fully saturated rings. The van der Waals surface area contributed by atoms with Crippen LogP contribution in [-0.2, 0) is 26.1 Å². The van der Waals surface area contributed by atoms with Gasteiger partial charge in [0.15, 0.2) is 0 Å². The van der Waals surface area contributed by atoms with Crippen molar-refractivity contribution < 1.29 is 26.1 Å². The monoisotopic (exact) mass is 708 g/mol. The van der Waals surface area contributed by atoms with E-state index in [1.165, 1.54) is 46.5 Å². The van der Waals surface area contributed by atoms with E-state index in [1.54, 1.807) is 0 Å². The molecule has 0 spiro atoms. The summed E-state index contributed by atoms with van der Waals surface area (Å²) in [5, 5.41) is 0. The van der Waals surface area contributed by atoms with Crippen molar-refractivity contribution in [3.05, 3.63) is 97.6 Å². The molecule has 1 nitrogen and oxygen atoms in total. The van der Waals surface area contributed by atoms with Gasteiger partial charge in [0.2, 0.25) is 0 Å². The Morgan fingerprint density at radius 2 is 1.21 bits per heavy atom. The topological polar surface area (TPSA) is 12.4 Å². The van der Waals surface area contributed by atoms with Crippen LogP contribution in [0, 0.1) is 11.8 Å². The summed E-state index contributed by atoms with van der Waals surface area (Å²) >= 11 is 0.700. The van der Waals surface area contributed by atoms with E-state index >= 15 is 0 Å². The van der Waals surface area contributed by atoms with Crippen LogP contribution < -0.4 is 0 Å². The molecule has 0 bridgehead atoms. The molecule has 0 aliphatic heterocycles. The molecule has 211 valence electrons. The van der Waals surface area contributed by atoms with Crippen LogP contribution in [0.15, 0.2) is 91.5 Å². The summed E-state index contributed by atoms with van der Waals surface area (Å²) in [5.41, 5.74) is 2.75. The van der Waals surface area contributed by atoms with Crippen molar-refractivity contribution in [2.24, 2.45) is 16.8 Å². The second-order valence-corrected chi connectivity index (χ2v) is 13.4. The van der Waals surface area contributed by atoms with E-state index in [-0.39, 0.29) is 0 Å². The maximum absolute atomic E-state index is 4.72. The van der Waals surface area contributed by atoms with Gasteiger partial charge >= 0.3 is 99.0 Å². The Labute approximate surface area is 255 Å². The quantitative estimate of drug-likeness (QED) is 0.125. The molecule has 0 radical (unpaired) electrons. The Balaban J connectivity index is -0.000000474. The van der Waals surface area contributed by atoms with E-state index in [9.17, 15) is 0 Å². The van der Waals surface area contributed by atoms with Gasteiger partial charge in [-0.25, -0.2) is 0 Å². The number of nitrogens with zero attached hydrogens (tertiary/aromatic N) is 1. The standard InChI is InChI=1S/C14H14.C11H20N.C7H16.C2H6.C2H4.Hg/c1-12(13-8-4-2-5-9-13)14-10-6-3-7-11-14;1-5-9-10(6-2)11(7-3)12-8-4;1-4-6-7(3)5-2;2*1-2;/h2-12H,1H3;6,10-11H,2,5,7,9H2,1,3-4H3;7H,4-6H2,1-3H3;1-2H3;1-2H2;. The zero-order valence-corrected chi connectivity index (χ0v) is 32.2. The molecule has 2 aromatic rings. The molecule has 0 aromatic heterocycles. The van der Waals surface area contributed by atoms with Crippen molar-refractivity contribution >= 4 is 3.22 Å². The molecule has 2 rings (SSSR count). The Morgan fingerprint density at radius 1 is 0.789 bits per heavy atom. The van der Waals surface area contributed by atoms with Crippen molar-refractivity contribution in [1.82, 2.24) is 0 Å². The molecule has 0 saturated heterocycles. The molecule has 0 aliphatic rings. The summed E-state index contributed by atoms with van der Waals surface area (Å²) in [6, 6.07) is 21.7. The number of benzene rings is 2. The van der Waals surface area contributed by atoms with Gasteiger partial charge in [-0.15, -0.1) is 13.2 Å². The van der Waals surface area contributed by atoms with Crippen molar-refractivity contribution in [1.29, 1.82) is 0 Å². The van der Waals surface area contributed by atoms with Crippen LogP contribution in [0.1, 0.15) is 118 Å². The second kappa shape index (κ2) is 30.1. The van der Waals surface area contributed by atoms with Crippen molar-refractivity contribution in [2.75, 3.05) is 0 Å². The summed E-state index contributed by atoms with van der Waals surface area (Å²) < 4.78 is 1.37. The molecule has 3 atom stereocenters. The number of hydrogen-bond donors (Lipinski definition) is 0. The van der Waals surface area contributed by atoms with Gasteiger partial charge in [0.25, 0.3) is 0 Å². The van der Waals surface area contributed by atoms with E-state index in [0.29, 0.717) is 44.0 Å². The molecule has 0 saturated carbocycles. The van der Waals surface area contributed by atoms with E-state index in [1.807, 2.05) is 13.8 Å². The van der Waals surface area contributed by atoms with Gasteiger partial charge in [-0.1, -0.05) is 121 Å². The van der Waals surface area contributed by atoms with Gasteiger partial charge in [0, 0.05) is 5.92 Å². The minimum Gasteiger partial charge on any atom is -0.0683 e. The van der Waals surface area contributed by atoms with Crippen molar-refractivity contribution in [2.45, 2.75) is 113 Å². The predicted molar refractivity (Wildman–Crippen MR) is 173 cm³/mol. The molecular formula is C36H60HgN. The molecule has 0 heterocycles. The summed E-state index contributed by atoms with van der Waals surface area (Å²) in [4.78, 5) is 4.72. The fourth-order valence-electron chi connectivity index (χ4n) is 3.95. The fraction of sp³-hybridized carbons (Fsp3) is 0.528. The summed E-state index contributed by atoms with van der Waals surface area (Å²) in [6.45, 7) is 29.5. The first kappa shape index (κ1) is 41.0. The summed E-state index contributed by atoms with van der Waals surface area (Å²) in [6.07, 6.45) is 9.77. The Morgan fingerprint density at radius 3 is 1.47 bits per heavy atom. The van der Waals surface area contributed by atoms with E-state index in [4.69, 9.17) is 4.99 Å². The van der Waals surface area contributed by atoms with Crippen LogP contribution in [0.4, 0.5) is 0 Å². The molecule has 2 aromatic carbocycles. The molecule has 2 heteroatoms. The van der Waals surface area contributed by atoms with Gasteiger partial charge in [-0.05, 0) is 17.0 Å². The first-order valence-corrected chi connectivity index (χ1v) is 17.7. The maximum Gasteiger partial charge on any atom is 0.00610 e. The smallest absolute Gasteiger partial charge is 0.00610 e. The molecule has 0 N–H and O–H groups in total. The zero-order valence-electron chi connectivity index (χ0n) is 26.7. The number of aliphatic imine (C=N–C) groups is 1. The van der Waals surface area contributed by atoms with Gasteiger partial charge in [0.1, 0.15) is 0 Å². The van der Waals surface area contributed by atoms with Crippen LogP contribution in [0.3, 0.4) is 0 Å². The summed E-state index contributed by atoms with van der Waals surface area (Å²) in [5.74, 6) is 2.02. The van der Waals surface area contributed by atoms with E-state index in [2.05, 4.69) is 135 Å². The molecule has 3 unspecified atom stereocenters. The van der Waals surface area contributed by atoms with Crippen molar-refractivity contribution in [3.8, 4) is 0 Å². The maximum atomic E-state index is 4.72. The second-order valence-electron chi connectivity index (χ2n) is 9.37. The SMILES string of the molecule is C=C.C=CC(CCC)C(CC)N=[C](C)[Hg].CC.CC(c1ccccc1)c1ccccc1.CCCC(C)CC. The fourth-order valence-corrected chi connectivity index (χ4v) is 4.86. The molecular weight excluding hydrogens is 647 g/mol. The van der Waals surface area contributed by atoms with Crippen LogP contribution in [-0.4, -0.2) is 9.26 Å². The van der Waals surface area contributed by atoms with Crippen LogP contribution in [0.2, 0.25) is 0 Å². The summed E-state index contributed by atoms with van der Waals surface area (Å²) in [7, 11) is 0. The molecule has 0 amide bonds. The van der Waals surface area contributed by atoms with Crippen LogP contribution in [0.5, 0.6) is 0 Å². The van der Waals surface area contributed by atoms with E-state index in [0.717, 1.165) is 12.3 Å². The molecule has 38 heavy (non-hydrogen) atoms. The Bertz CT molecular complexity index is 725. The number of rotatable bonds is 11. The van der Waals surface area contributed by atoms with Gasteiger partial charge < -0.3 is 0 Å². The largest absolute Gasteiger partial charge is 0.0683 e. The first-order chi connectivity index (χ1) is 18.3. The van der Waals surface area contributed by atoms with E-state index < -0.39 is 0 Å². The Kier molecular flexibility index (Phi) is 32.5. The van der Waals surface area contributed by atoms with Crippen LogP contribution >= 0.6 is 0 Å². The molecule has 0 aliphatic carbocycles. The minimum atomic E-state index is 0.484. The third-order valence-corrected chi connectivity index (χ3v) is 7.01. The first-order valence-electron chi connectivity index (χ1n) is 14.9. The van der Waals surface area contributed by atoms with Gasteiger partial charge in [0.05, 0.1) is 0 Å². The van der Waals surface area contributed by atoms with Gasteiger partial charge in [-0.3, -0.25) is 0 Å². The Hall–Kier alpha value is -1.47. The van der Waals surface area contributed by atoms with Crippen molar-refractivity contribution in [3.63, 3.8) is 0 Å². The normalized spacial score (nSPS) is 12.5. The van der Waals surface area contributed by atoms with Crippen LogP contribution in [0.25, 0.3) is 0 Å². The average Bonchev–Trinajstić information content (AvgIpc) is 2.98. The third kappa shape index (κ3) is 21.5. The third-order valence-electron chi connectivity index (χ3n) is 6.30. The minimum absolute atomic E-state index is 0.484. The zero-order chi connectivity index (χ0) is 29.8. The average molecular weight is 707 g/mol. The predicted octanol–water partition coefficient (Wildman–Crippen LogP) is 11.8.